The quantitative estimate of drug-likeness (QED) is 0.351. The van der Waals surface area contributed by atoms with Gasteiger partial charge in [-0.1, -0.05) is 0 Å². The second kappa shape index (κ2) is 10.8. The van der Waals surface area contributed by atoms with Crippen molar-refractivity contribution in [2.75, 3.05) is 25.0 Å². The van der Waals surface area contributed by atoms with Crippen molar-refractivity contribution >= 4 is 33.4 Å². The maximum Gasteiger partial charge on any atom is 0.419 e. The van der Waals surface area contributed by atoms with Gasteiger partial charge in [0.05, 0.1) is 12.2 Å². The first kappa shape index (κ1) is 31.1. The van der Waals surface area contributed by atoms with Crippen LogP contribution in [0.4, 0.5) is 36.4 Å². The van der Waals surface area contributed by atoms with Gasteiger partial charge in [0.2, 0.25) is 10.0 Å². The zero-order chi connectivity index (χ0) is 31.4. The summed E-state index contributed by atoms with van der Waals surface area (Å²) in [5.74, 6) is -6.82. The van der Waals surface area contributed by atoms with E-state index in [9.17, 15) is 53.5 Å². The Hall–Kier alpha value is -3.87. The lowest BCUT2D eigenvalue weighted by atomic mass is 10.1. The van der Waals surface area contributed by atoms with Crippen LogP contribution in [0.3, 0.4) is 0 Å². The van der Waals surface area contributed by atoms with Crippen molar-refractivity contribution in [2.24, 2.45) is 13.0 Å². The summed E-state index contributed by atoms with van der Waals surface area (Å²) in [7, 11) is -3.19. The van der Waals surface area contributed by atoms with Crippen LogP contribution >= 0.6 is 0 Å². The highest BCUT2D eigenvalue weighted by Crippen LogP contribution is 2.36. The molecule has 3 N–H and O–H groups in total. The number of rotatable bonds is 3. The molecular weight excluding hydrogens is 607 g/mol. The molecule has 3 heterocycles. The van der Waals surface area contributed by atoms with E-state index in [2.05, 4.69) is 10.0 Å². The third-order valence-electron chi connectivity index (χ3n) is 6.65. The summed E-state index contributed by atoms with van der Waals surface area (Å²) in [5.41, 5.74) is -2.50. The van der Waals surface area contributed by atoms with Crippen LogP contribution in [-0.2, 0) is 32.8 Å². The second-order valence-electron chi connectivity index (χ2n) is 9.67. The van der Waals surface area contributed by atoms with Gasteiger partial charge in [-0.15, -0.1) is 0 Å². The number of amides is 3. The third-order valence-corrected chi connectivity index (χ3v) is 8.13. The van der Waals surface area contributed by atoms with E-state index < -0.39 is 91.5 Å². The number of carbonyl (C=O) groups is 3. The predicted octanol–water partition coefficient (Wildman–Crippen LogP) is 2.00. The van der Waals surface area contributed by atoms with Crippen LogP contribution in [0.5, 0.6) is 5.75 Å². The van der Waals surface area contributed by atoms with Crippen LogP contribution in [0.25, 0.3) is 0 Å². The Labute approximate surface area is 233 Å². The molecule has 1 fully saturated rings. The monoisotopic (exact) mass is 629 g/mol. The van der Waals surface area contributed by atoms with E-state index in [1.807, 2.05) is 0 Å². The van der Waals surface area contributed by atoms with Crippen molar-refractivity contribution in [3.05, 3.63) is 41.5 Å². The summed E-state index contributed by atoms with van der Waals surface area (Å²) in [6, 6.07) is -1.61. The van der Waals surface area contributed by atoms with Crippen LogP contribution in [0.1, 0.15) is 23.0 Å². The summed E-state index contributed by atoms with van der Waals surface area (Å²) < 4.78 is 127. The number of sulfonamides is 1. The highest BCUT2D eigenvalue weighted by atomic mass is 32.2. The second-order valence-corrected chi connectivity index (χ2v) is 11.4. The maximum absolute atomic E-state index is 13.6. The largest absolute Gasteiger partial charge is 0.489 e. The lowest BCUT2D eigenvalue weighted by Gasteiger charge is -2.23. The average Bonchev–Trinajstić information content (AvgIpc) is 3.41. The van der Waals surface area contributed by atoms with Gasteiger partial charge >= 0.3 is 24.2 Å². The molecular formula is C23H22F7N5O6S. The number of benzene rings is 1. The van der Waals surface area contributed by atoms with Crippen LogP contribution in [-0.4, -0.2) is 73.6 Å². The van der Waals surface area contributed by atoms with Gasteiger partial charge in [0.25, 0.3) is 5.91 Å². The highest BCUT2D eigenvalue weighted by molar-refractivity contribution is 7.89. The number of nitrogens with zero attached hydrogens (tertiary/aromatic N) is 2. The molecule has 0 saturated carbocycles. The molecule has 3 atom stereocenters. The molecule has 0 aliphatic carbocycles. The zero-order valence-electron chi connectivity index (χ0n) is 21.6. The molecule has 42 heavy (non-hydrogen) atoms. The summed E-state index contributed by atoms with van der Waals surface area (Å²) in [6.07, 6.45) is -8.86. The summed E-state index contributed by atoms with van der Waals surface area (Å²) >= 11 is 0. The fraction of sp³-hybridized carbons (Fsp3) is 0.435. The maximum atomic E-state index is 13.6. The highest BCUT2D eigenvalue weighted by Gasteiger charge is 2.45. The predicted molar refractivity (Wildman–Crippen MR) is 128 cm³/mol. The zero-order valence-corrected chi connectivity index (χ0v) is 22.4. The van der Waals surface area contributed by atoms with E-state index in [-0.39, 0.29) is 19.7 Å². The molecule has 3 amide bonds. The molecule has 0 spiro atoms. The molecule has 1 aromatic heterocycles. The Kier molecular flexibility index (Phi) is 7.96. The number of anilines is 1. The third kappa shape index (κ3) is 6.15. The number of hydrogen-bond donors (Lipinski definition) is 3. The number of aromatic nitrogens is 1. The standard InChI is InChI=1S/C23H22F7N5O6S/c1-10(22(25,26)27)31-20(37)21(38)35-6-11-9-41-18-16(42(39,40)33-15(11)7-35)8-34(2)17(18)19(36)32-12-3-4-14(24)13(5-12)23(28,29)30/h3-5,8,10-11,15,33H,6-7,9H2,1-2H3,(H,31,37)(H,32,36)/t10-,11?,15?/m1/s1. The van der Waals surface area contributed by atoms with Gasteiger partial charge in [0, 0.05) is 44.0 Å². The van der Waals surface area contributed by atoms with Crippen molar-refractivity contribution < 1.29 is 58.3 Å². The summed E-state index contributed by atoms with van der Waals surface area (Å²) in [4.78, 5) is 38.0. The fourth-order valence-electron chi connectivity index (χ4n) is 4.46. The first-order chi connectivity index (χ1) is 19.3. The average molecular weight is 630 g/mol. The lowest BCUT2D eigenvalue weighted by molar-refractivity contribution is -0.162. The SMILES string of the molecule is C[C@@H](NC(=O)C(=O)N1CC2COc3c(cn(C)c3C(=O)Nc3ccc(F)c(C(F)(F)F)c3)S(=O)(=O)NC2C1)C(F)(F)F. The van der Waals surface area contributed by atoms with E-state index in [4.69, 9.17) is 4.74 Å². The first-order valence-electron chi connectivity index (χ1n) is 12.0. The molecule has 4 rings (SSSR count). The number of halogens is 7. The van der Waals surface area contributed by atoms with Crippen LogP contribution in [0.2, 0.25) is 0 Å². The van der Waals surface area contributed by atoms with Crippen molar-refractivity contribution in [1.82, 2.24) is 19.5 Å². The Morgan fingerprint density at radius 2 is 1.79 bits per heavy atom. The number of nitrogens with one attached hydrogen (secondary N) is 3. The van der Waals surface area contributed by atoms with Crippen molar-refractivity contribution in [2.45, 2.75) is 36.3 Å². The molecule has 2 aliphatic heterocycles. The molecule has 0 radical (unpaired) electrons. The number of likely N-dealkylation sites (tertiary alicyclic amines) is 1. The molecule has 230 valence electrons. The number of alkyl halides is 6. The number of ether oxygens (including phenoxy) is 1. The van der Waals surface area contributed by atoms with E-state index in [0.717, 1.165) is 21.7 Å². The minimum atomic E-state index is -5.06. The normalized spacial score (nSPS) is 20.8. The molecule has 2 unspecified atom stereocenters. The van der Waals surface area contributed by atoms with Gasteiger partial charge in [-0.25, -0.2) is 17.5 Å². The van der Waals surface area contributed by atoms with E-state index in [0.29, 0.717) is 19.1 Å². The van der Waals surface area contributed by atoms with Crippen LogP contribution in [0, 0.1) is 11.7 Å². The Balaban J connectivity index is 1.55. The molecule has 0 bridgehead atoms. The molecule has 19 heteroatoms. The van der Waals surface area contributed by atoms with Crippen molar-refractivity contribution in [3.63, 3.8) is 0 Å². The van der Waals surface area contributed by atoms with Crippen molar-refractivity contribution in [3.8, 4) is 5.75 Å². The first-order valence-corrected chi connectivity index (χ1v) is 13.5. The topological polar surface area (TPSA) is 139 Å². The molecule has 1 saturated heterocycles. The molecule has 2 aromatic rings. The fourth-order valence-corrected chi connectivity index (χ4v) is 5.95. The van der Waals surface area contributed by atoms with Crippen molar-refractivity contribution in [1.29, 1.82) is 0 Å². The van der Waals surface area contributed by atoms with Gasteiger partial charge in [-0.2, -0.15) is 26.3 Å². The minimum Gasteiger partial charge on any atom is -0.489 e. The van der Waals surface area contributed by atoms with Gasteiger partial charge in [0.1, 0.15) is 16.8 Å². The number of hydrogen-bond acceptors (Lipinski definition) is 6. The number of fused-ring (bicyclic) bond motifs is 2. The number of carbonyl (C=O) groups excluding carboxylic acids is 3. The van der Waals surface area contributed by atoms with Gasteiger partial charge in [-0.05, 0) is 25.1 Å². The van der Waals surface area contributed by atoms with E-state index >= 15 is 0 Å². The smallest absolute Gasteiger partial charge is 0.419 e. The van der Waals surface area contributed by atoms with E-state index in [1.165, 1.54) is 12.4 Å². The van der Waals surface area contributed by atoms with Gasteiger partial charge in [0.15, 0.2) is 11.4 Å². The number of aryl methyl sites for hydroxylation is 1. The van der Waals surface area contributed by atoms with E-state index in [1.54, 1.807) is 0 Å². The summed E-state index contributed by atoms with van der Waals surface area (Å²) in [5, 5.41) is 3.68. The lowest BCUT2D eigenvalue weighted by Crippen LogP contribution is -2.50. The Morgan fingerprint density at radius 1 is 1.12 bits per heavy atom. The van der Waals surface area contributed by atoms with Gasteiger partial charge in [-0.3, -0.25) is 14.4 Å². The molecule has 11 nitrogen and oxygen atoms in total. The van der Waals surface area contributed by atoms with Gasteiger partial charge < -0.3 is 24.8 Å². The van der Waals surface area contributed by atoms with Crippen LogP contribution in [0.15, 0.2) is 29.3 Å². The van der Waals surface area contributed by atoms with Crippen LogP contribution < -0.4 is 20.1 Å². The minimum absolute atomic E-state index is 0.292. The molecule has 1 aromatic carbocycles. The Morgan fingerprint density at radius 3 is 2.40 bits per heavy atom. The summed E-state index contributed by atoms with van der Waals surface area (Å²) in [6.45, 7) is -0.355. The molecule has 2 aliphatic rings. The Bertz CT molecular complexity index is 1540.